The molecular weight excluding hydrogens is 164 g/mol. The molecule has 0 unspecified atom stereocenters. The third kappa shape index (κ3) is 1.91. The van der Waals surface area contributed by atoms with Gasteiger partial charge >= 0.3 is 5.97 Å². The van der Waals surface area contributed by atoms with Crippen LogP contribution in [-0.2, 0) is 0 Å². The van der Waals surface area contributed by atoms with Crippen molar-refractivity contribution in [2.24, 2.45) is 0 Å². The van der Waals surface area contributed by atoms with Crippen LogP contribution in [0.3, 0.4) is 0 Å². The maximum atomic E-state index is 10.3. The number of rotatable bonds is 3. The predicted octanol–water partition coefficient (Wildman–Crippen LogP) is 1.27. The SMILES string of the molecule is CCNc1nc(C(=O)O)cs1. The van der Waals surface area contributed by atoms with Crippen LogP contribution in [0.25, 0.3) is 0 Å². The molecule has 4 nitrogen and oxygen atoms in total. The molecule has 0 aromatic carbocycles. The van der Waals surface area contributed by atoms with E-state index in [1.165, 1.54) is 16.7 Å². The molecule has 0 aliphatic carbocycles. The summed E-state index contributed by atoms with van der Waals surface area (Å²) in [5, 5.41) is 13.6. The Morgan fingerprint density at radius 3 is 3.09 bits per heavy atom. The van der Waals surface area contributed by atoms with Crippen LogP contribution in [0.15, 0.2) is 5.38 Å². The number of anilines is 1. The minimum atomic E-state index is -0.981. The number of nitrogens with zero attached hydrogens (tertiary/aromatic N) is 1. The van der Waals surface area contributed by atoms with Gasteiger partial charge in [0.2, 0.25) is 0 Å². The van der Waals surface area contributed by atoms with Crippen molar-refractivity contribution in [3.05, 3.63) is 11.1 Å². The third-order valence-corrected chi connectivity index (χ3v) is 1.85. The van der Waals surface area contributed by atoms with Gasteiger partial charge in [-0.2, -0.15) is 0 Å². The molecule has 0 fully saturated rings. The van der Waals surface area contributed by atoms with Crippen LogP contribution in [0.1, 0.15) is 17.4 Å². The van der Waals surface area contributed by atoms with Crippen LogP contribution in [0, 0.1) is 0 Å². The van der Waals surface area contributed by atoms with Gasteiger partial charge in [-0.15, -0.1) is 11.3 Å². The van der Waals surface area contributed by atoms with Crippen molar-refractivity contribution in [1.82, 2.24) is 4.98 Å². The highest BCUT2D eigenvalue weighted by molar-refractivity contribution is 7.13. The van der Waals surface area contributed by atoms with Crippen LogP contribution >= 0.6 is 11.3 Å². The zero-order valence-electron chi connectivity index (χ0n) is 6.00. The van der Waals surface area contributed by atoms with Crippen molar-refractivity contribution in [1.29, 1.82) is 0 Å². The lowest BCUT2D eigenvalue weighted by atomic mass is 10.5. The maximum absolute atomic E-state index is 10.3. The number of hydrogen-bond donors (Lipinski definition) is 2. The van der Waals surface area contributed by atoms with Gasteiger partial charge in [-0.3, -0.25) is 0 Å². The van der Waals surface area contributed by atoms with Gasteiger partial charge in [-0.05, 0) is 6.92 Å². The lowest BCUT2D eigenvalue weighted by Crippen LogP contribution is -1.99. The van der Waals surface area contributed by atoms with Crippen LogP contribution < -0.4 is 5.32 Å². The smallest absolute Gasteiger partial charge is 0.355 e. The van der Waals surface area contributed by atoms with Crippen LogP contribution in [0.5, 0.6) is 0 Å². The predicted molar refractivity (Wildman–Crippen MR) is 43.2 cm³/mol. The normalized spacial score (nSPS) is 9.55. The summed E-state index contributed by atoms with van der Waals surface area (Å²) in [5.74, 6) is -0.981. The Bertz CT molecular complexity index is 259. The van der Waals surface area contributed by atoms with E-state index in [9.17, 15) is 4.79 Å². The Balaban J connectivity index is 2.73. The molecule has 60 valence electrons. The van der Waals surface area contributed by atoms with Gasteiger partial charge < -0.3 is 10.4 Å². The number of thiazole rings is 1. The monoisotopic (exact) mass is 172 g/mol. The lowest BCUT2D eigenvalue weighted by molar-refractivity contribution is 0.0691. The molecule has 0 spiro atoms. The molecule has 0 atom stereocenters. The third-order valence-electron chi connectivity index (χ3n) is 1.05. The van der Waals surface area contributed by atoms with Gasteiger partial charge in [-0.1, -0.05) is 0 Å². The van der Waals surface area contributed by atoms with Gasteiger partial charge in [0.15, 0.2) is 10.8 Å². The molecule has 5 heteroatoms. The Morgan fingerprint density at radius 1 is 1.91 bits per heavy atom. The van der Waals surface area contributed by atoms with E-state index in [1.54, 1.807) is 0 Å². The quantitative estimate of drug-likeness (QED) is 0.720. The summed E-state index contributed by atoms with van der Waals surface area (Å²) in [6.07, 6.45) is 0. The Hall–Kier alpha value is -1.10. The van der Waals surface area contributed by atoms with E-state index in [-0.39, 0.29) is 5.69 Å². The van der Waals surface area contributed by atoms with Crippen LogP contribution in [0.4, 0.5) is 5.13 Å². The number of carbonyl (C=O) groups is 1. The number of aromatic nitrogens is 1. The van der Waals surface area contributed by atoms with Gasteiger partial charge in [0.25, 0.3) is 0 Å². The standard InChI is InChI=1S/C6H8N2O2S/c1-2-7-6-8-4(3-11-6)5(9)10/h3H,2H2,1H3,(H,7,8)(H,9,10). The molecule has 0 aliphatic rings. The highest BCUT2D eigenvalue weighted by Crippen LogP contribution is 2.14. The molecular formula is C6H8N2O2S. The Labute approximate surface area is 67.9 Å². The Morgan fingerprint density at radius 2 is 2.64 bits per heavy atom. The maximum Gasteiger partial charge on any atom is 0.355 e. The van der Waals surface area contributed by atoms with Gasteiger partial charge in [0.1, 0.15) is 0 Å². The van der Waals surface area contributed by atoms with E-state index in [1.807, 2.05) is 6.92 Å². The average molecular weight is 172 g/mol. The van der Waals surface area contributed by atoms with Gasteiger partial charge in [-0.25, -0.2) is 9.78 Å². The van der Waals surface area contributed by atoms with Crippen LogP contribution in [0.2, 0.25) is 0 Å². The molecule has 1 heterocycles. The first-order valence-corrected chi connectivity index (χ1v) is 4.04. The summed E-state index contributed by atoms with van der Waals surface area (Å²) >= 11 is 1.30. The molecule has 0 amide bonds. The second-order valence-electron chi connectivity index (χ2n) is 1.87. The highest BCUT2D eigenvalue weighted by Gasteiger charge is 2.06. The van der Waals surface area contributed by atoms with E-state index < -0.39 is 5.97 Å². The van der Waals surface area contributed by atoms with E-state index in [4.69, 9.17) is 5.11 Å². The highest BCUT2D eigenvalue weighted by atomic mass is 32.1. The number of carboxylic acid groups (broad SMARTS) is 1. The molecule has 1 aromatic rings. The van der Waals surface area contributed by atoms with E-state index in [0.717, 1.165) is 6.54 Å². The first-order valence-electron chi connectivity index (χ1n) is 3.16. The lowest BCUT2D eigenvalue weighted by Gasteiger charge is -1.92. The summed E-state index contributed by atoms with van der Waals surface area (Å²) in [6, 6.07) is 0. The topological polar surface area (TPSA) is 62.2 Å². The molecule has 11 heavy (non-hydrogen) atoms. The summed E-state index contributed by atoms with van der Waals surface area (Å²) in [4.78, 5) is 14.1. The number of aromatic carboxylic acids is 1. The molecule has 0 radical (unpaired) electrons. The Kier molecular flexibility index (Phi) is 2.43. The zero-order valence-corrected chi connectivity index (χ0v) is 6.81. The second kappa shape index (κ2) is 3.34. The number of carboxylic acids is 1. The van der Waals surface area contributed by atoms with Crippen molar-refractivity contribution in [3.8, 4) is 0 Å². The molecule has 0 saturated heterocycles. The molecule has 1 rings (SSSR count). The van der Waals surface area contributed by atoms with Crippen molar-refractivity contribution in [2.45, 2.75) is 6.92 Å². The first kappa shape index (κ1) is 8.00. The number of hydrogen-bond acceptors (Lipinski definition) is 4. The van der Waals surface area contributed by atoms with E-state index >= 15 is 0 Å². The van der Waals surface area contributed by atoms with E-state index in [0.29, 0.717) is 5.13 Å². The van der Waals surface area contributed by atoms with Crippen molar-refractivity contribution in [3.63, 3.8) is 0 Å². The second-order valence-corrected chi connectivity index (χ2v) is 2.73. The molecule has 0 aliphatic heterocycles. The van der Waals surface area contributed by atoms with Crippen LogP contribution in [-0.4, -0.2) is 22.6 Å². The summed E-state index contributed by atoms with van der Waals surface area (Å²) < 4.78 is 0. The summed E-state index contributed by atoms with van der Waals surface area (Å²) in [7, 11) is 0. The first-order chi connectivity index (χ1) is 5.24. The van der Waals surface area contributed by atoms with Crippen molar-refractivity contribution >= 4 is 22.4 Å². The zero-order chi connectivity index (χ0) is 8.27. The summed E-state index contributed by atoms with van der Waals surface area (Å²) in [6.45, 7) is 2.69. The molecule has 0 bridgehead atoms. The van der Waals surface area contributed by atoms with Gasteiger partial charge in [0.05, 0.1) is 0 Å². The van der Waals surface area contributed by atoms with Crippen molar-refractivity contribution < 1.29 is 9.90 Å². The fourth-order valence-corrected chi connectivity index (χ4v) is 1.36. The fraction of sp³-hybridized carbons (Fsp3) is 0.333. The van der Waals surface area contributed by atoms with E-state index in [2.05, 4.69) is 10.3 Å². The summed E-state index contributed by atoms with van der Waals surface area (Å²) in [5.41, 5.74) is 0.103. The molecule has 0 saturated carbocycles. The average Bonchev–Trinajstić information content (AvgIpc) is 2.37. The molecule has 1 aromatic heterocycles. The largest absolute Gasteiger partial charge is 0.476 e. The minimum Gasteiger partial charge on any atom is -0.476 e. The minimum absolute atomic E-state index is 0.103. The number of nitrogens with one attached hydrogen (secondary N) is 1. The molecule has 2 N–H and O–H groups in total. The fourth-order valence-electron chi connectivity index (χ4n) is 0.604. The van der Waals surface area contributed by atoms with Crippen molar-refractivity contribution in [2.75, 3.05) is 11.9 Å². The van der Waals surface area contributed by atoms with Gasteiger partial charge in [0, 0.05) is 11.9 Å².